The third kappa shape index (κ3) is 13.1. The number of carboxylic acid groups (broad SMARTS) is 2. The Labute approximate surface area is 247 Å². The first-order valence-electron chi connectivity index (χ1n) is 14.2. The van der Waals surface area contributed by atoms with Crippen LogP contribution in [0.2, 0.25) is 0 Å². The maximum atomic E-state index is 12.2. The summed E-state index contributed by atoms with van der Waals surface area (Å²) in [6.45, 7) is 10.2. The summed E-state index contributed by atoms with van der Waals surface area (Å²) in [6, 6.07) is 2.72. The molecule has 0 aromatic heterocycles. The fourth-order valence-corrected chi connectivity index (χ4v) is 4.64. The van der Waals surface area contributed by atoms with Gasteiger partial charge in [-0.3, -0.25) is 14.6 Å². The number of carbonyl (C=O) groups excluding carboxylic acids is 1. The lowest BCUT2D eigenvalue weighted by Gasteiger charge is -2.32. The van der Waals surface area contributed by atoms with E-state index in [1.165, 1.54) is 5.57 Å². The first-order valence-corrected chi connectivity index (χ1v) is 14.2. The maximum absolute atomic E-state index is 12.2. The van der Waals surface area contributed by atoms with E-state index in [9.17, 15) is 19.5 Å². The fraction of sp³-hybridized carbons (Fsp3) is 0.533. The maximum Gasteiger partial charge on any atom is 0.413 e. The summed E-state index contributed by atoms with van der Waals surface area (Å²) in [5, 5.41) is 30.3. The van der Waals surface area contributed by atoms with Crippen LogP contribution in [0.15, 0.2) is 40.9 Å². The first-order chi connectivity index (χ1) is 19.8. The van der Waals surface area contributed by atoms with Gasteiger partial charge in [0.15, 0.2) is 5.96 Å². The molecule has 2 rings (SSSR count). The van der Waals surface area contributed by atoms with Crippen LogP contribution in [0.25, 0.3) is 0 Å². The molecule has 0 bridgehead atoms. The predicted octanol–water partition coefficient (Wildman–Crippen LogP) is 3.77. The number of aryl methyl sites for hydroxylation is 1. The summed E-state index contributed by atoms with van der Waals surface area (Å²) in [5.74, 6) is -1.83. The number of unbranched alkanes of at least 4 members (excludes halogenated alkanes) is 2. The van der Waals surface area contributed by atoms with Gasteiger partial charge in [-0.1, -0.05) is 43.6 Å². The summed E-state index contributed by atoms with van der Waals surface area (Å²) in [7, 11) is 0. The molecule has 234 valence electrons. The highest BCUT2D eigenvalue weighted by atomic mass is 16.6. The van der Waals surface area contributed by atoms with Crippen molar-refractivity contribution in [3.05, 3.63) is 47.1 Å². The second-order valence-corrected chi connectivity index (χ2v) is 10.5. The largest absolute Gasteiger partial charge is 0.507 e. The number of aliphatic carboxylic acids is 2. The molecular weight excluding hydrogens is 542 g/mol. The van der Waals surface area contributed by atoms with Crippen LogP contribution < -0.4 is 27.3 Å². The number of hydrogen-bond donors (Lipinski definition) is 7. The van der Waals surface area contributed by atoms with Gasteiger partial charge in [-0.25, -0.2) is 4.79 Å². The van der Waals surface area contributed by atoms with Crippen LogP contribution >= 0.6 is 0 Å². The predicted molar refractivity (Wildman–Crippen MR) is 163 cm³/mol. The van der Waals surface area contributed by atoms with Gasteiger partial charge in [0.1, 0.15) is 24.1 Å². The van der Waals surface area contributed by atoms with E-state index in [0.717, 1.165) is 49.7 Å². The summed E-state index contributed by atoms with van der Waals surface area (Å²) in [4.78, 5) is 36.9. The molecule has 0 saturated carbocycles. The van der Waals surface area contributed by atoms with Gasteiger partial charge in [0.05, 0.1) is 0 Å². The van der Waals surface area contributed by atoms with E-state index >= 15 is 0 Å². The molecule has 3 atom stereocenters. The van der Waals surface area contributed by atoms with Crippen molar-refractivity contribution < 1.29 is 34.4 Å². The Balaban J connectivity index is 0.000000619. The number of benzene rings is 1. The number of allylic oxidation sites excluding steroid dienone is 3. The van der Waals surface area contributed by atoms with Gasteiger partial charge >= 0.3 is 18.0 Å². The second kappa shape index (κ2) is 18.4. The Morgan fingerprint density at radius 3 is 2.45 bits per heavy atom. The van der Waals surface area contributed by atoms with Crippen LogP contribution in [0.5, 0.6) is 11.5 Å². The van der Waals surface area contributed by atoms with Crippen molar-refractivity contribution in [2.45, 2.75) is 84.1 Å². The Kier molecular flexibility index (Phi) is 15.7. The molecule has 12 nitrogen and oxygen atoms in total. The topological polar surface area (TPSA) is 224 Å². The van der Waals surface area contributed by atoms with Gasteiger partial charge in [0, 0.05) is 18.0 Å². The van der Waals surface area contributed by atoms with E-state index in [-0.39, 0.29) is 29.3 Å². The van der Waals surface area contributed by atoms with E-state index in [1.54, 1.807) is 12.1 Å². The van der Waals surface area contributed by atoms with Crippen LogP contribution in [0, 0.1) is 5.92 Å². The number of nitrogens with one attached hydrogen (secondary N) is 1. The number of guanidine groups is 1. The van der Waals surface area contributed by atoms with E-state index in [4.69, 9.17) is 32.2 Å². The molecule has 0 heterocycles. The molecule has 10 N–H and O–H groups in total. The molecule has 0 fully saturated rings. The van der Waals surface area contributed by atoms with Gasteiger partial charge in [-0.05, 0) is 76.0 Å². The highest BCUT2D eigenvalue weighted by Crippen LogP contribution is 2.47. The minimum Gasteiger partial charge on any atom is -0.507 e. The SMILES string of the molecule is C=C(C)[C@@H]1CCC(C)=C[C@H]1c1c(O)cc(CCCCC)cc1OC(=O)NCC(=O)O.NC(N)=NCCC[C@H](N)C(=O)O. The zero-order valence-corrected chi connectivity index (χ0v) is 24.9. The van der Waals surface area contributed by atoms with Gasteiger partial charge in [-0.2, -0.15) is 0 Å². The Morgan fingerprint density at radius 1 is 1.19 bits per heavy atom. The van der Waals surface area contributed by atoms with E-state index in [2.05, 4.69) is 36.8 Å². The molecule has 1 aromatic carbocycles. The lowest BCUT2D eigenvalue weighted by atomic mass is 9.73. The van der Waals surface area contributed by atoms with Crippen molar-refractivity contribution in [1.29, 1.82) is 0 Å². The number of phenolic OH excluding ortho intramolecular Hbond substituents is 1. The van der Waals surface area contributed by atoms with Crippen molar-refractivity contribution >= 4 is 24.0 Å². The molecule has 0 unspecified atom stereocenters. The number of nitrogens with zero attached hydrogens (tertiary/aromatic N) is 1. The number of ether oxygens (including phenoxy) is 1. The number of aliphatic imine (C=N–C) groups is 1. The molecule has 0 saturated heterocycles. The highest BCUT2D eigenvalue weighted by Gasteiger charge is 2.31. The third-order valence-electron chi connectivity index (χ3n) is 6.83. The van der Waals surface area contributed by atoms with Crippen molar-refractivity contribution in [1.82, 2.24) is 5.32 Å². The molecule has 1 amide bonds. The van der Waals surface area contributed by atoms with Crippen LogP contribution in [-0.2, 0) is 16.0 Å². The number of phenols is 1. The Morgan fingerprint density at radius 2 is 1.88 bits per heavy atom. The zero-order chi connectivity index (χ0) is 31.8. The lowest BCUT2D eigenvalue weighted by Crippen LogP contribution is -2.32. The normalized spacial score (nSPS) is 16.6. The number of amides is 1. The molecule has 0 radical (unpaired) electrons. The molecule has 1 aliphatic carbocycles. The van der Waals surface area contributed by atoms with Crippen LogP contribution in [0.4, 0.5) is 4.79 Å². The average Bonchev–Trinajstić information content (AvgIpc) is 2.90. The quantitative estimate of drug-likeness (QED) is 0.0719. The molecule has 1 aromatic rings. The minimum absolute atomic E-state index is 0.0129. The Bertz CT molecular complexity index is 1150. The number of rotatable bonds is 14. The smallest absolute Gasteiger partial charge is 0.413 e. The van der Waals surface area contributed by atoms with E-state index in [1.807, 2.05) is 6.92 Å². The highest BCUT2D eigenvalue weighted by molar-refractivity contribution is 5.78. The molecular formula is C30H47N5O7. The fourth-order valence-electron chi connectivity index (χ4n) is 4.64. The van der Waals surface area contributed by atoms with Gasteiger partial charge < -0.3 is 42.6 Å². The molecule has 0 spiro atoms. The summed E-state index contributed by atoms with van der Waals surface area (Å²) < 4.78 is 5.51. The van der Waals surface area contributed by atoms with E-state index < -0.39 is 30.6 Å². The van der Waals surface area contributed by atoms with Gasteiger partial charge in [0.25, 0.3) is 0 Å². The van der Waals surface area contributed by atoms with Crippen molar-refractivity contribution in [3.8, 4) is 11.5 Å². The van der Waals surface area contributed by atoms with E-state index in [0.29, 0.717) is 24.9 Å². The number of aromatic hydroxyl groups is 1. The van der Waals surface area contributed by atoms with Crippen LogP contribution in [0.1, 0.15) is 82.8 Å². The van der Waals surface area contributed by atoms with Gasteiger partial charge in [0.2, 0.25) is 0 Å². The van der Waals surface area contributed by atoms with Crippen molar-refractivity contribution in [2.24, 2.45) is 28.1 Å². The molecule has 0 aliphatic heterocycles. The summed E-state index contributed by atoms with van der Waals surface area (Å²) >= 11 is 0. The minimum atomic E-state index is -1.16. The van der Waals surface area contributed by atoms with Crippen LogP contribution in [0.3, 0.4) is 0 Å². The standard InChI is InChI=1S/C24H33NO5.C6H14N4O2/c1-5-6-7-8-17-12-20(26)23(19-11-16(4)9-10-18(19)15(2)3)21(13-17)30-24(29)25-14-22(27)28;7-4(5(11)12)2-1-3-10-6(8)9/h11-13,18-19,26H,2,5-10,14H2,1,3-4H3,(H,25,29)(H,27,28);4H,1-3,7H2,(H,11,12)(H4,8,9,10)/t18-,19+;4-/m00/s1. The number of carbonyl (C=O) groups is 3. The second-order valence-electron chi connectivity index (χ2n) is 10.5. The van der Waals surface area contributed by atoms with Gasteiger partial charge in [-0.15, -0.1) is 0 Å². The van der Waals surface area contributed by atoms with Crippen molar-refractivity contribution in [3.63, 3.8) is 0 Å². The summed E-state index contributed by atoms with van der Waals surface area (Å²) in [6.07, 6.45) is 7.96. The first kappa shape index (κ1) is 36.0. The monoisotopic (exact) mass is 589 g/mol. The Hall–Kier alpha value is -4.06. The van der Waals surface area contributed by atoms with Crippen LogP contribution in [-0.4, -0.2) is 58.4 Å². The number of hydrogen-bond acceptors (Lipinski definition) is 7. The molecule has 42 heavy (non-hydrogen) atoms. The molecule has 12 heteroatoms. The number of carboxylic acids is 2. The summed E-state index contributed by atoms with van der Waals surface area (Å²) in [5.41, 5.74) is 19.0. The lowest BCUT2D eigenvalue weighted by molar-refractivity contribution is -0.139. The van der Waals surface area contributed by atoms with Crippen molar-refractivity contribution in [2.75, 3.05) is 13.1 Å². The third-order valence-corrected chi connectivity index (χ3v) is 6.83. The molecule has 1 aliphatic rings. The average molecular weight is 590 g/mol. The zero-order valence-electron chi connectivity index (χ0n) is 24.9. The number of nitrogens with two attached hydrogens (primary N) is 3.